The quantitative estimate of drug-likeness (QED) is 0.0791. The van der Waals surface area contributed by atoms with Crippen LogP contribution >= 0.6 is 7.75 Å². The first-order valence-electron chi connectivity index (χ1n) is 13.9. The van der Waals surface area contributed by atoms with Gasteiger partial charge >= 0.3 is 19.4 Å². The number of aliphatic hydroxyl groups is 2. The van der Waals surface area contributed by atoms with E-state index in [1.807, 2.05) is 23.2 Å². The molecule has 2 heterocycles. The van der Waals surface area contributed by atoms with Crippen molar-refractivity contribution in [1.29, 1.82) is 0 Å². The highest BCUT2D eigenvalue weighted by molar-refractivity contribution is 7.52. The number of H-pyrrole nitrogens is 1. The molecule has 1 aliphatic heterocycles. The minimum Gasteiger partial charge on any atom is -0.465 e. The van der Waals surface area contributed by atoms with E-state index in [4.69, 9.17) is 18.5 Å². The Labute approximate surface area is 249 Å². The van der Waals surface area contributed by atoms with Crippen molar-refractivity contribution in [2.24, 2.45) is 5.11 Å². The number of fused-ring (bicyclic) bond motifs is 1. The van der Waals surface area contributed by atoms with Gasteiger partial charge in [-0.05, 0) is 36.7 Å². The average Bonchev–Trinajstić information content (AvgIpc) is 3.56. The minimum atomic E-state index is -4.63. The number of aliphatic hydroxyl groups excluding tert-OH is 2. The molecule has 0 bridgehead atoms. The number of ether oxygens (including phenoxy) is 2. The van der Waals surface area contributed by atoms with E-state index in [9.17, 15) is 34.7 Å². The summed E-state index contributed by atoms with van der Waals surface area (Å²) in [7, 11) is -4.63. The van der Waals surface area contributed by atoms with Crippen molar-refractivity contribution in [2.45, 2.75) is 62.3 Å². The Morgan fingerprint density at radius 3 is 2.64 bits per heavy atom. The number of hydrogen-bond donors (Lipinski definition) is 4. The topological polar surface area (TPSA) is 227 Å². The molecule has 5 rings (SSSR count). The summed E-state index contributed by atoms with van der Waals surface area (Å²) in [4.78, 5) is 41.8. The Balaban J connectivity index is 1.52. The zero-order valence-corrected chi connectivity index (χ0v) is 24.5. The largest absolute Gasteiger partial charge is 0.465 e. The molecule has 2 aromatic carbocycles. The van der Waals surface area contributed by atoms with Crippen LogP contribution in [0.2, 0.25) is 0 Å². The van der Waals surface area contributed by atoms with Crippen LogP contribution in [0.3, 0.4) is 0 Å². The molecule has 2 aliphatic rings. The monoisotopic (exact) mass is 630 g/mol. The first-order valence-corrected chi connectivity index (χ1v) is 15.4. The van der Waals surface area contributed by atoms with Crippen LogP contribution < -0.4 is 20.9 Å². The van der Waals surface area contributed by atoms with Gasteiger partial charge in [-0.2, -0.15) is 5.09 Å². The summed E-state index contributed by atoms with van der Waals surface area (Å²) < 4.78 is 38.2. The maximum absolute atomic E-state index is 14.6. The smallest absolute Gasteiger partial charge is 0.459 e. The standard InChI is InChI=1S/C27H31N6O10P/c1-2-40-24(37)26(13-5-6-14-26)31-44(39,43-19-11-7-9-17-8-3-4-10-18(17)19)41-16-27(30-32-28)22(36)21(35)23(42-27)33-15-12-20(34)29-25(33)38/h3-4,7-12,15,21-23,35-36H,2,5-6,13-14,16H2,1H3,(H,31,39)(H,29,34,38)/t21-,22+,23-,27-,44?/m1/s1. The average molecular weight is 631 g/mol. The van der Waals surface area contributed by atoms with Gasteiger partial charge < -0.3 is 24.2 Å². The Hall–Kier alpha value is -4.01. The predicted octanol–water partition coefficient (Wildman–Crippen LogP) is 2.62. The summed E-state index contributed by atoms with van der Waals surface area (Å²) in [5.41, 5.74) is 3.80. The van der Waals surface area contributed by atoms with Gasteiger partial charge in [-0.1, -0.05) is 54.4 Å². The summed E-state index contributed by atoms with van der Waals surface area (Å²) >= 11 is 0. The molecule has 0 spiro atoms. The molecule has 0 amide bonds. The van der Waals surface area contributed by atoms with Crippen molar-refractivity contribution in [3.63, 3.8) is 0 Å². The van der Waals surface area contributed by atoms with E-state index in [0.717, 1.165) is 22.2 Å². The lowest BCUT2D eigenvalue weighted by molar-refractivity contribution is -0.150. The van der Waals surface area contributed by atoms with Gasteiger partial charge in [0.05, 0.1) is 13.2 Å². The zero-order chi connectivity index (χ0) is 31.5. The van der Waals surface area contributed by atoms with E-state index in [2.05, 4.69) is 15.1 Å². The molecule has 1 aromatic heterocycles. The van der Waals surface area contributed by atoms with E-state index in [1.54, 1.807) is 31.2 Å². The van der Waals surface area contributed by atoms with Crippen LogP contribution in [0, 0.1) is 0 Å². The molecule has 3 aromatic rings. The van der Waals surface area contributed by atoms with Crippen molar-refractivity contribution in [3.8, 4) is 5.75 Å². The number of esters is 1. The second-order valence-electron chi connectivity index (χ2n) is 10.5. The van der Waals surface area contributed by atoms with Crippen molar-refractivity contribution in [3.05, 3.63) is 86.0 Å². The summed E-state index contributed by atoms with van der Waals surface area (Å²) in [5, 5.41) is 29.5. The van der Waals surface area contributed by atoms with Crippen LogP contribution in [-0.4, -0.2) is 62.4 Å². The normalized spacial score (nSPS) is 25.7. The number of carbonyl (C=O) groups is 1. The molecule has 1 saturated carbocycles. The fourth-order valence-corrected chi connectivity index (χ4v) is 7.24. The molecule has 2 fully saturated rings. The number of rotatable bonds is 11. The van der Waals surface area contributed by atoms with Crippen molar-refractivity contribution < 1.29 is 38.1 Å². The van der Waals surface area contributed by atoms with Gasteiger partial charge in [0, 0.05) is 22.6 Å². The van der Waals surface area contributed by atoms with Crippen LogP contribution in [0.15, 0.2) is 69.4 Å². The zero-order valence-electron chi connectivity index (χ0n) is 23.6. The predicted molar refractivity (Wildman–Crippen MR) is 154 cm³/mol. The molecule has 4 N–H and O–H groups in total. The first kappa shape index (κ1) is 31.4. The summed E-state index contributed by atoms with van der Waals surface area (Å²) in [5.74, 6) is -0.517. The lowest BCUT2D eigenvalue weighted by Crippen LogP contribution is -2.51. The van der Waals surface area contributed by atoms with Gasteiger partial charge in [0.15, 0.2) is 6.23 Å². The van der Waals surface area contributed by atoms with Crippen molar-refractivity contribution in [2.75, 3.05) is 13.2 Å². The van der Waals surface area contributed by atoms with Crippen LogP contribution in [0.5, 0.6) is 5.75 Å². The highest BCUT2D eigenvalue weighted by atomic mass is 31.2. The minimum absolute atomic E-state index is 0.0705. The number of benzene rings is 2. The fraction of sp³-hybridized carbons (Fsp3) is 0.444. The Morgan fingerprint density at radius 1 is 1.20 bits per heavy atom. The lowest BCUT2D eigenvalue weighted by Gasteiger charge is -2.34. The molecule has 16 nitrogen and oxygen atoms in total. The van der Waals surface area contributed by atoms with Gasteiger partial charge in [0.25, 0.3) is 5.56 Å². The molecular weight excluding hydrogens is 599 g/mol. The van der Waals surface area contributed by atoms with Gasteiger partial charge in [0.1, 0.15) is 23.5 Å². The maximum atomic E-state index is 14.6. The SMILES string of the molecule is CCOC(=O)C1(NP(=O)(OC[C@@]2(N=[N+]=[N-])O[C@@H](n3ccc(=O)[nH]c3=O)[C@H](O)[C@@H]2O)Oc2cccc3ccccc23)CCCC1. The molecule has 1 unspecified atom stereocenters. The molecule has 0 radical (unpaired) electrons. The Morgan fingerprint density at radius 2 is 1.93 bits per heavy atom. The van der Waals surface area contributed by atoms with E-state index >= 15 is 0 Å². The number of azide groups is 1. The molecule has 5 atom stereocenters. The Kier molecular flexibility index (Phi) is 8.95. The third-order valence-corrected chi connectivity index (χ3v) is 9.23. The number of aromatic nitrogens is 2. The van der Waals surface area contributed by atoms with E-state index in [-0.39, 0.29) is 25.2 Å². The summed E-state index contributed by atoms with van der Waals surface area (Å²) in [6.07, 6.45) is -2.73. The lowest BCUT2D eigenvalue weighted by atomic mass is 10.00. The summed E-state index contributed by atoms with van der Waals surface area (Å²) in [6.45, 7) is 0.750. The molecule has 234 valence electrons. The highest BCUT2D eigenvalue weighted by Crippen LogP contribution is 2.52. The number of hydrogen-bond acceptors (Lipinski definition) is 11. The van der Waals surface area contributed by atoms with Crippen molar-refractivity contribution in [1.82, 2.24) is 14.6 Å². The van der Waals surface area contributed by atoms with Crippen LogP contribution in [0.25, 0.3) is 21.2 Å². The number of nitrogens with zero attached hydrogens (tertiary/aromatic N) is 4. The highest BCUT2D eigenvalue weighted by Gasteiger charge is 2.57. The first-order chi connectivity index (χ1) is 21.1. The van der Waals surface area contributed by atoms with E-state index < -0.39 is 61.3 Å². The second-order valence-corrected chi connectivity index (χ2v) is 12.1. The van der Waals surface area contributed by atoms with Crippen LogP contribution in [-0.2, 0) is 23.4 Å². The second kappa shape index (κ2) is 12.5. The Bertz CT molecular complexity index is 1750. The third kappa shape index (κ3) is 6.01. The van der Waals surface area contributed by atoms with Crippen molar-refractivity contribution >= 4 is 24.5 Å². The van der Waals surface area contributed by atoms with Gasteiger partial charge in [-0.25, -0.2) is 9.36 Å². The number of carbonyl (C=O) groups excluding carboxylic acids is 1. The summed E-state index contributed by atoms with van der Waals surface area (Å²) in [6, 6.07) is 13.2. The molecular formula is C27H31N6O10P. The van der Waals surface area contributed by atoms with E-state index in [1.165, 1.54) is 0 Å². The van der Waals surface area contributed by atoms with Crippen LogP contribution in [0.4, 0.5) is 0 Å². The van der Waals surface area contributed by atoms with Gasteiger partial charge in [-0.3, -0.25) is 23.7 Å². The fourth-order valence-electron chi connectivity index (χ4n) is 5.46. The number of aromatic amines is 1. The molecule has 1 saturated heterocycles. The molecule has 1 aliphatic carbocycles. The third-order valence-electron chi connectivity index (χ3n) is 7.63. The van der Waals surface area contributed by atoms with Crippen LogP contribution in [0.1, 0.15) is 38.8 Å². The maximum Gasteiger partial charge on any atom is 0.459 e. The van der Waals surface area contributed by atoms with E-state index in [0.29, 0.717) is 18.2 Å². The van der Waals surface area contributed by atoms with Gasteiger partial charge in [-0.15, -0.1) is 0 Å². The molecule has 44 heavy (non-hydrogen) atoms. The number of nitrogens with one attached hydrogen (secondary N) is 2. The molecule has 17 heteroatoms. The van der Waals surface area contributed by atoms with Gasteiger partial charge in [0.2, 0.25) is 5.72 Å².